The molecule has 126 valence electrons. The van der Waals surface area contributed by atoms with Gasteiger partial charge in [0.15, 0.2) is 5.82 Å². The molecule has 0 spiro atoms. The molecule has 1 N–H and O–H groups in total. The lowest BCUT2D eigenvalue weighted by atomic mass is 10.2. The summed E-state index contributed by atoms with van der Waals surface area (Å²) in [5.74, 6) is 2.35. The van der Waals surface area contributed by atoms with Crippen molar-refractivity contribution < 1.29 is 4.79 Å². The SMILES string of the molecule is CCC(=O)N1CCC[C@@H]1c1nc(C)cc(Nc2cccc(C)n2)n1. The fraction of sp³-hybridized carbons (Fsp3) is 0.444. The highest BCUT2D eigenvalue weighted by molar-refractivity contribution is 5.76. The van der Waals surface area contributed by atoms with Crippen molar-refractivity contribution in [3.05, 3.63) is 41.5 Å². The highest BCUT2D eigenvalue weighted by atomic mass is 16.2. The molecule has 2 aromatic heterocycles. The zero-order chi connectivity index (χ0) is 17.1. The van der Waals surface area contributed by atoms with E-state index in [2.05, 4.69) is 20.3 Å². The number of nitrogens with zero attached hydrogens (tertiary/aromatic N) is 4. The molecule has 0 aliphatic carbocycles. The van der Waals surface area contributed by atoms with Crippen molar-refractivity contribution in [3.63, 3.8) is 0 Å². The summed E-state index contributed by atoms with van der Waals surface area (Å²) in [6.07, 6.45) is 2.42. The van der Waals surface area contributed by atoms with Crippen LogP contribution < -0.4 is 5.32 Å². The van der Waals surface area contributed by atoms with E-state index < -0.39 is 0 Å². The lowest BCUT2D eigenvalue weighted by Crippen LogP contribution is -2.31. The minimum atomic E-state index is -0.0247. The van der Waals surface area contributed by atoms with Gasteiger partial charge in [-0.3, -0.25) is 4.79 Å². The Kier molecular flexibility index (Phi) is 4.74. The summed E-state index contributed by atoms with van der Waals surface area (Å²) < 4.78 is 0. The van der Waals surface area contributed by atoms with Crippen LogP contribution in [-0.4, -0.2) is 32.3 Å². The van der Waals surface area contributed by atoms with Gasteiger partial charge in [0.05, 0.1) is 6.04 Å². The second kappa shape index (κ2) is 6.95. The fourth-order valence-electron chi connectivity index (χ4n) is 3.09. The highest BCUT2D eigenvalue weighted by Gasteiger charge is 2.31. The Labute approximate surface area is 142 Å². The molecule has 0 bridgehead atoms. The maximum Gasteiger partial charge on any atom is 0.222 e. The van der Waals surface area contributed by atoms with E-state index in [0.29, 0.717) is 18.1 Å². The lowest BCUT2D eigenvalue weighted by Gasteiger charge is -2.23. The average Bonchev–Trinajstić information content (AvgIpc) is 3.03. The van der Waals surface area contributed by atoms with Crippen molar-refractivity contribution in [2.75, 3.05) is 11.9 Å². The van der Waals surface area contributed by atoms with E-state index in [1.807, 2.05) is 49.9 Å². The third-order valence-corrected chi connectivity index (χ3v) is 4.19. The van der Waals surface area contributed by atoms with Crippen molar-refractivity contribution >= 4 is 17.5 Å². The Morgan fingerprint density at radius 3 is 2.79 bits per heavy atom. The van der Waals surface area contributed by atoms with E-state index in [4.69, 9.17) is 0 Å². The van der Waals surface area contributed by atoms with Crippen LogP contribution in [0.1, 0.15) is 49.4 Å². The standard InChI is InChI=1S/C18H23N5O/c1-4-17(24)23-10-6-8-14(23)18-20-13(3)11-16(22-18)21-15-9-5-7-12(2)19-15/h5,7,9,11,14H,4,6,8,10H2,1-3H3,(H,19,20,21,22)/t14-/m1/s1. The number of carbonyl (C=O) groups excluding carboxylic acids is 1. The van der Waals surface area contributed by atoms with Crippen molar-refractivity contribution in [2.24, 2.45) is 0 Å². The number of hydrogen-bond acceptors (Lipinski definition) is 5. The second-order valence-corrected chi connectivity index (χ2v) is 6.14. The molecule has 1 atom stereocenters. The summed E-state index contributed by atoms with van der Waals surface area (Å²) in [6, 6.07) is 7.69. The van der Waals surface area contributed by atoms with E-state index >= 15 is 0 Å². The minimum Gasteiger partial charge on any atom is -0.332 e. The summed E-state index contributed by atoms with van der Waals surface area (Å²) in [6.45, 7) is 6.58. The molecular formula is C18H23N5O. The van der Waals surface area contributed by atoms with E-state index in [1.54, 1.807) is 0 Å². The molecule has 2 aromatic rings. The highest BCUT2D eigenvalue weighted by Crippen LogP contribution is 2.31. The van der Waals surface area contributed by atoms with Gasteiger partial charge in [0.2, 0.25) is 5.91 Å². The normalized spacial score (nSPS) is 17.1. The topological polar surface area (TPSA) is 71.0 Å². The Balaban J connectivity index is 1.87. The van der Waals surface area contributed by atoms with Crippen molar-refractivity contribution in [1.29, 1.82) is 0 Å². The van der Waals surface area contributed by atoms with Gasteiger partial charge in [0.25, 0.3) is 0 Å². The average molecular weight is 325 g/mol. The molecular weight excluding hydrogens is 302 g/mol. The van der Waals surface area contributed by atoms with Crippen LogP contribution >= 0.6 is 0 Å². The number of aromatic nitrogens is 3. The molecule has 0 saturated carbocycles. The molecule has 1 aliphatic rings. The fourth-order valence-corrected chi connectivity index (χ4v) is 3.09. The molecule has 6 heteroatoms. The maximum atomic E-state index is 12.1. The lowest BCUT2D eigenvalue weighted by molar-refractivity contribution is -0.131. The maximum absolute atomic E-state index is 12.1. The van der Waals surface area contributed by atoms with Crippen LogP contribution in [0.5, 0.6) is 0 Å². The smallest absolute Gasteiger partial charge is 0.222 e. The van der Waals surface area contributed by atoms with Gasteiger partial charge in [0, 0.05) is 30.4 Å². The molecule has 1 amide bonds. The minimum absolute atomic E-state index is 0.0247. The monoisotopic (exact) mass is 325 g/mol. The van der Waals surface area contributed by atoms with E-state index in [0.717, 1.165) is 36.6 Å². The first kappa shape index (κ1) is 16.4. The number of anilines is 2. The van der Waals surface area contributed by atoms with Gasteiger partial charge in [0.1, 0.15) is 11.6 Å². The largest absolute Gasteiger partial charge is 0.332 e. The van der Waals surface area contributed by atoms with Gasteiger partial charge < -0.3 is 10.2 Å². The van der Waals surface area contributed by atoms with Crippen LogP contribution in [0.15, 0.2) is 24.3 Å². The van der Waals surface area contributed by atoms with Crippen molar-refractivity contribution in [1.82, 2.24) is 19.9 Å². The number of amides is 1. The van der Waals surface area contributed by atoms with Crippen LogP contribution in [0.4, 0.5) is 11.6 Å². The summed E-state index contributed by atoms with van der Waals surface area (Å²) in [4.78, 5) is 27.7. The van der Waals surface area contributed by atoms with Gasteiger partial charge in [-0.15, -0.1) is 0 Å². The number of hydrogen-bond donors (Lipinski definition) is 1. The van der Waals surface area contributed by atoms with Crippen molar-refractivity contribution in [2.45, 2.75) is 46.1 Å². The molecule has 0 aromatic carbocycles. The Bertz CT molecular complexity index is 746. The zero-order valence-electron chi connectivity index (χ0n) is 14.4. The number of nitrogens with one attached hydrogen (secondary N) is 1. The number of aryl methyl sites for hydroxylation is 2. The third kappa shape index (κ3) is 3.53. The molecule has 3 rings (SSSR count). The summed E-state index contributed by atoms with van der Waals surface area (Å²) >= 11 is 0. The van der Waals surface area contributed by atoms with Gasteiger partial charge in [-0.25, -0.2) is 15.0 Å². The summed E-state index contributed by atoms with van der Waals surface area (Å²) in [7, 11) is 0. The molecule has 0 unspecified atom stereocenters. The van der Waals surface area contributed by atoms with Gasteiger partial charge in [-0.05, 0) is 38.8 Å². The molecule has 0 radical (unpaired) electrons. The third-order valence-electron chi connectivity index (χ3n) is 4.19. The van der Waals surface area contributed by atoms with Gasteiger partial charge in [-0.2, -0.15) is 0 Å². The first-order valence-electron chi connectivity index (χ1n) is 8.42. The summed E-state index contributed by atoms with van der Waals surface area (Å²) in [5, 5.41) is 3.24. The Hall–Kier alpha value is -2.50. The Morgan fingerprint density at radius 1 is 1.21 bits per heavy atom. The number of pyridine rings is 1. The van der Waals surface area contributed by atoms with E-state index in [9.17, 15) is 4.79 Å². The first-order valence-corrected chi connectivity index (χ1v) is 8.42. The van der Waals surface area contributed by atoms with E-state index in [1.165, 1.54) is 0 Å². The molecule has 6 nitrogen and oxygen atoms in total. The molecule has 1 aliphatic heterocycles. The quantitative estimate of drug-likeness (QED) is 0.934. The molecule has 1 fully saturated rings. The molecule has 1 saturated heterocycles. The van der Waals surface area contributed by atoms with Crippen LogP contribution in [0.2, 0.25) is 0 Å². The zero-order valence-corrected chi connectivity index (χ0v) is 14.4. The van der Waals surface area contributed by atoms with Crippen LogP contribution in [-0.2, 0) is 4.79 Å². The van der Waals surface area contributed by atoms with Crippen LogP contribution in [0, 0.1) is 13.8 Å². The second-order valence-electron chi connectivity index (χ2n) is 6.14. The number of likely N-dealkylation sites (tertiary alicyclic amines) is 1. The van der Waals surface area contributed by atoms with Gasteiger partial charge in [-0.1, -0.05) is 13.0 Å². The van der Waals surface area contributed by atoms with Gasteiger partial charge >= 0.3 is 0 Å². The molecule has 24 heavy (non-hydrogen) atoms. The van der Waals surface area contributed by atoms with Crippen LogP contribution in [0.3, 0.4) is 0 Å². The first-order chi connectivity index (χ1) is 11.6. The predicted molar refractivity (Wildman–Crippen MR) is 93.0 cm³/mol. The van der Waals surface area contributed by atoms with Crippen LogP contribution in [0.25, 0.3) is 0 Å². The number of rotatable bonds is 4. The van der Waals surface area contributed by atoms with E-state index in [-0.39, 0.29) is 11.9 Å². The Morgan fingerprint density at radius 2 is 2.04 bits per heavy atom. The summed E-state index contributed by atoms with van der Waals surface area (Å²) in [5.41, 5.74) is 1.83. The van der Waals surface area contributed by atoms with Crippen molar-refractivity contribution in [3.8, 4) is 0 Å². The number of carbonyl (C=O) groups is 1. The predicted octanol–water partition coefficient (Wildman–Crippen LogP) is 3.31. The molecule has 3 heterocycles.